The molecule has 114 valence electrons. The van der Waals surface area contributed by atoms with Crippen LogP contribution in [0.15, 0.2) is 30.3 Å². The van der Waals surface area contributed by atoms with Gasteiger partial charge in [-0.25, -0.2) is 0 Å². The van der Waals surface area contributed by atoms with Crippen LogP contribution in [-0.4, -0.2) is 36.6 Å². The third-order valence-corrected chi connectivity index (χ3v) is 3.59. The first-order valence-electron chi connectivity index (χ1n) is 7.81. The first kappa shape index (κ1) is 15.9. The smallest absolute Gasteiger partial charge is 0.0708 e. The van der Waals surface area contributed by atoms with Gasteiger partial charge >= 0.3 is 0 Å². The Labute approximate surface area is 128 Å². The Kier molecular flexibility index (Phi) is 5.71. The van der Waals surface area contributed by atoms with Gasteiger partial charge in [-0.2, -0.15) is 0 Å². The van der Waals surface area contributed by atoms with Crippen molar-refractivity contribution in [2.75, 3.05) is 26.7 Å². The summed E-state index contributed by atoms with van der Waals surface area (Å²) < 4.78 is 0. The number of aromatic nitrogens is 1. The summed E-state index contributed by atoms with van der Waals surface area (Å²) in [6.45, 7) is 10.7. The van der Waals surface area contributed by atoms with E-state index in [4.69, 9.17) is 0 Å². The van der Waals surface area contributed by atoms with Crippen LogP contribution in [0.1, 0.15) is 25.1 Å². The molecule has 21 heavy (non-hydrogen) atoms. The first-order chi connectivity index (χ1) is 10.1. The summed E-state index contributed by atoms with van der Waals surface area (Å²) in [6.07, 6.45) is 0. The summed E-state index contributed by atoms with van der Waals surface area (Å²) in [6, 6.07) is 10.6. The number of rotatable bonds is 7. The highest BCUT2D eigenvalue weighted by atomic mass is 15.1. The molecule has 0 aliphatic carbocycles. The number of pyridine rings is 1. The average molecular weight is 285 g/mol. The minimum absolute atomic E-state index is 0.710. The number of likely N-dealkylation sites (N-methyl/N-ethyl adjacent to an activating group) is 1. The molecule has 0 saturated heterocycles. The molecule has 1 heterocycles. The molecule has 3 heteroatoms. The van der Waals surface area contributed by atoms with Gasteiger partial charge in [0.15, 0.2) is 0 Å². The van der Waals surface area contributed by atoms with Crippen molar-refractivity contribution in [1.82, 2.24) is 15.2 Å². The van der Waals surface area contributed by atoms with E-state index in [-0.39, 0.29) is 0 Å². The Morgan fingerprint density at radius 2 is 2.00 bits per heavy atom. The Balaban J connectivity index is 1.99. The summed E-state index contributed by atoms with van der Waals surface area (Å²) in [4.78, 5) is 6.98. The predicted molar refractivity (Wildman–Crippen MR) is 90.5 cm³/mol. The van der Waals surface area contributed by atoms with E-state index in [1.54, 1.807) is 0 Å². The summed E-state index contributed by atoms with van der Waals surface area (Å²) in [5.74, 6) is 0.710. The van der Waals surface area contributed by atoms with Gasteiger partial charge in [-0.15, -0.1) is 0 Å². The standard InChI is InChI=1S/C18H27N3/c1-14(2)12-19-9-10-21(4)13-16-11-15(3)20-18-8-6-5-7-17(16)18/h5-8,11,14,19H,9-10,12-13H2,1-4H3. The largest absolute Gasteiger partial charge is 0.315 e. The van der Waals surface area contributed by atoms with Gasteiger partial charge in [0.1, 0.15) is 0 Å². The molecule has 1 N–H and O–H groups in total. The maximum Gasteiger partial charge on any atom is 0.0708 e. The van der Waals surface area contributed by atoms with Gasteiger partial charge < -0.3 is 10.2 Å². The number of para-hydroxylation sites is 1. The normalized spacial score (nSPS) is 11.7. The Hall–Kier alpha value is -1.45. The fraction of sp³-hybridized carbons (Fsp3) is 0.500. The van der Waals surface area contributed by atoms with Crippen molar-refractivity contribution in [3.05, 3.63) is 41.6 Å². The van der Waals surface area contributed by atoms with Gasteiger partial charge in [0, 0.05) is 30.7 Å². The lowest BCUT2D eigenvalue weighted by atomic mass is 10.1. The van der Waals surface area contributed by atoms with Crippen LogP contribution in [0.4, 0.5) is 0 Å². The maximum atomic E-state index is 4.61. The van der Waals surface area contributed by atoms with Gasteiger partial charge in [0.2, 0.25) is 0 Å². The van der Waals surface area contributed by atoms with Crippen molar-refractivity contribution in [1.29, 1.82) is 0 Å². The van der Waals surface area contributed by atoms with E-state index in [0.29, 0.717) is 5.92 Å². The lowest BCUT2D eigenvalue weighted by Gasteiger charge is -2.19. The monoisotopic (exact) mass is 285 g/mol. The van der Waals surface area contributed by atoms with Crippen LogP contribution in [-0.2, 0) is 6.54 Å². The predicted octanol–water partition coefficient (Wildman–Crippen LogP) is 3.22. The number of benzene rings is 1. The maximum absolute atomic E-state index is 4.61. The molecular weight excluding hydrogens is 258 g/mol. The number of fused-ring (bicyclic) bond motifs is 1. The van der Waals surface area contributed by atoms with Gasteiger partial charge in [0.05, 0.1) is 5.52 Å². The van der Waals surface area contributed by atoms with Gasteiger partial charge in [-0.3, -0.25) is 4.98 Å². The van der Waals surface area contributed by atoms with Crippen molar-refractivity contribution in [2.45, 2.75) is 27.3 Å². The molecule has 0 fully saturated rings. The fourth-order valence-electron chi connectivity index (χ4n) is 2.56. The Bertz CT molecular complexity index is 578. The minimum atomic E-state index is 0.710. The molecule has 1 aromatic heterocycles. The Morgan fingerprint density at radius 3 is 2.76 bits per heavy atom. The molecule has 0 spiro atoms. The third kappa shape index (κ3) is 4.80. The molecule has 0 bridgehead atoms. The quantitative estimate of drug-likeness (QED) is 0.792. The summed E-state index contributed by atoms with van der Waals surface area (Å²) in [5.41, 5.74) is 3.55. The highest BCUT2D eigenvalue weighted by molar-refractivity contribution is 5.82. The van der Waals surface area contributed by atoms with Crippen LogP contribution in [0.3, 0.4) is 0 Å². The second-order valence-corrected chi connectivity index (χ2v) is 6.28. The van der Waals surface area contributed by atoms with E-state index in [1.807, 2.05) is 0 Å². The van der Waals surface area contributed by atoms with E-state index < -0.39 is 0 Å². The molecule has 1 aromatic carbocycles. The first-order valence-corrected chi connectivity index (χ1v) is 7.81. The summed E-state index contributed by atoms with van der Waals surface area (Å²) in [7, 11) is 2.18. The van der Waals surface area contributed by atoms with Crippen LogP contribution < -0.4 is 5.32 Å². The second kappa shape index (κ2) is 7.53. The molecule has 0 aliphatic rings. The molecule has 0 amide bonds. The molecule has 0 radical (unpaired) electrons. The van der Waals surface area contributed by atoms with Crippen LogP contribution in [0.2, 0.25) is 0 Å². The van der Waals surface area contributed by atoms with Gasteiger partial charge in [-0.05, 0) is 44.1 Å². The van der Waals surface area contributed by atoms with E-state index >= 15 is 0 Å². The van der Waals surface area contributed by atoms with E-state index in [0.717, 1.165) is 37.4 Å². The van der Waals surface area contributed by atoms with E-state index in [2.05, 4.69) is 73.4 Å². The van der Waals surface area contributed by atoms with Crippen molar-refractivity contribution < 1.29 is 0 Å². The second-order valence-electron chi connectivity index (χ2n) is 6.28. The molecule has 0 unspecified atom stereocenters. The average Bonchev–Trinajstić information content (AvgIpc) is 2.43. The zero-order valence-electron chi connectivity index (χ0n) is 13.7. The van der Waals surface area contributed by atoms with E-state index in [1.165, 1.54) is 10.9 Å². The Morgan fingerprint density at radius 1 is 1.24 bits per heavy atom. The molecule has 3 nitrogen and oxygen atoms in total. The molecule has 0 aliphatic heterocycles. The molecular formula is C18H27N3. The van der Waals surface area contributed by atoms with E-state index in [9.17, 15) is 0 Å². The van der Waals surface area contributed by atoms with Crippen molar-refractivity contribution >= 4 is 10.9 Å². The van der Waals surface area contributed by atoms with Crippen molar-refractivity contribution in [3.8, 4) is 0 Å². The number of nitrogens with zero attached hydrogens (tertiary/aromatic N) is 2. The topological polar surface area (TPSA) is 28.2 Å². The highest BCUT2D eigenvalue weighted by Crippen LogP contribution is 2.19. The van der Waals surface area contributed by atoms with Crippen LogP contribution in [0.25, 0.3) is 10.9 Å². The summed E-state index contributed by atoms with van der Waals surface area (Å²) >= 11 is 0. The molecule has 2 aromatic rings. The molecule has 0 atom stereocenters. The summed E-state index contributed by atoms with van der Waals surface area (Å²) in [5, 5.41) is 4.76. The number of aryl methyl sites for hydroxylation is 1. The highest BCUT2D eigenvalue weighted by Gasteiger charge is 2.06. The van der Waals surface area contributed by atoms with Crippen molar-refractivity contribution in [3.63, 3.8) is 0 Å². The SMILES string of the molecule is Cc1cc(CN(C)CCNCC(C)C)c2ccccc2n1. The molecule has 2 rings (SSSR count). The number of hydrogen-bond acceptors (Lipinski definition) is 3. The number of nitrogens with one attached hydrogen (secondary N) is 1. The minimum Gasteiger partial charge on any atom is -0.315 e. The van der Waals surface area contributed by atoms with Crippen LogP contribution in [0.5, 0.6) is 0 Å². The molecule has 0 saturated carbocycles. The van der Waals surface area contributed by atoms with Crippen LogP contribution in [0, 0.1) is 12.8 Å². The zero-order valence-corrected chi connectivity index (χ0v) is 13.7. The number of hydrogen-bond donors (Lipinski definition) is 1. The van der Waals surface area contributed by atoms with Gasteiger partial charge in [-0.1, -0.05) is 32.0 Å². The third-order valence-electron chi connectivity index (χ3n) is 3.59. The van der Waals surface area contributed by atoms with Crippen LogP contribution >= 0.6 is 0 Å². The van der Waals surface area contributed by atoms with Gasteiger partial charge in [0.25, 0.3) is 0 Å². The zero-order chi connectivity index (χ0) is 15.2. The fourth-order valence-corrected chi connectivity index (χ4v) is 2.56. The lowest BCUT2D eigenvalue weighted by Crippen LogP contribution is -2.30. The lowest BCUT2D eigenvalue weighted by molar-refractivity contribution is 0.322. The van der Waals surface area contributed by atoms with Crippen molar-refractivity contribution in [2.24, 2.45) is 5.92 Å².